The Morgan fingerprint density at radius 3 is 1.70 bits per heavy atom. The van der Waals surface area contributed by atoms with E-state index < -0.39 is 143 Å². The lowest BCUT2D eigenvalue weighted by atomic mass is 9.78. The van der Waals surface area contributed by atoms with E-state index in [0.29, 0.717) is 36.8 Å². The van der Waals surface area contributed by atoms with Crippen LogP contribution in [-0.4, -0.2) is 184 Å². The quantitative estimate of drug-likeness (QED) is 0.146. The van der Waals surface area contributed by atoms with Crippen LogP contribution in [0.4, 0.5) is 0 Å². The molecule has 3 aliphatic rings. The number of hydrogen-bond donors (Lipinski definition) is 2. The number of carbonyl (C=O) groups excluding carboxylic acids is 9. The summed E-state index contributed by atoms with van der Waals surface area (Å²) in [6.07, 6.45) is -0.300. The van der Waals surface area contributed by atoms with Crippen molar-refractivity contribution in [3.63, 3.8) is 0 Å². The number of hydrogen-bond acceptors (Lipinski definition) is 13. The molecule has 0 aromatic heterocycles. The highest BCUT2D eigenvalue weighted by Gasteiger charge is 2.52. The van der Waals surface area contributed by atoms with Crippen LogP contribution in [0.25, 0.3) is 0 Å². The largest absolute Gasteiger partial charge is 0.494 e. The van der Waals surface area contributed by atoms with Gasteiger partial charge in [-0.3, -0.25) is 38.4 Å². The maximum atomic E-state index is 15.7. The summed E-state index contributed by atoms with van der Waals surface area (Å²) in [6, 6.07) is 9.01. The molecule has 488 valence electrons. The molecule has 88 heavy (non-hydrogen) atoms. The minimum atomic E-state index is -1.95. The van der Waals surface area contributed by atoms with E-state index in [9.17, 15) is 19.5 Å². The van der Waals surface area contributed by atoms with Crippen LogP contribution in [0.15, 0.2) is 54.6 Å². The van der Waals surface area contributed by atoms with Crippen LogP contribution in [0, 0.1) is 41.4 Å². The number of Topliss-reactive ketones (excluding diaryl/α,β-unsaturated/α-hetero) is 2. The topological polar surface area (TPSA) is 230 Å². The van der Waals surface area contributed by atoms with Crippen molar-refractivity contribution in [3.05, 3.63) is 65.7 Å². The van der Waals surface area contributed by atoms with Crippen LogP contribution < -0.4 is 10.8 Å². The van der Waals surface area contributed by atoms with Gasteiger partial charge in [0, 0.05) is 78.2 Å². The second-order valence-electron chi connectivity index (χ2n) is 28.1. The zero-order valence-electron chi connectivity index (χ0n) is 56.5. The third-order valence-corrected chi connectivity index (χ3v) is 19.1. The minimum absolute atomic E-state index is 0.00710. The average molecular weight is 1230 g/mol. The molecule has 3 aliphatic heterocycles. The molecule has 0 saturated carbocycles. The van der Waals surface area contributed by atoms with Crippen molar-refractivity contribution in [3.8, 4) is 0 Å². The van der Waals surface area contributed by atoms with Crippen molar-refractivity contribution < 1.29 is 62.3 Å². The molecule has 20 heteroatoms. The van der Waals surface area contributed by atoms with E-state index in [1.165, 1.54) is 54.6 Å². The van der Waals surface area contributed by atoms with Crippen LogP contribution in [-0.2, 0) is 70.0 Å². The Bertz CT molecular complexity index is 2770. The van der Waals surface area contributed by atoms with Crippen LogP contribution in [0.1, 0.15) is 167 Å². The molecule has 0 radical (unpaired) electrons. The molecule has 3 saturated heterocycles. The van der Waals surface area contributed by atoms with Gasteiger partial charge in [0.25, 0.3) is 5.91 Å². The number of nitrogens with one attached hydrogen (secondary N) is 1. The molecule has 2 N–H and O–H groups in total. The van der Waals surface area contributed by atoms with Gasteiger partial charge in [0.2, 0.25) is 29.5 Å². The molecule has 2 aromatic carbocycles. The number of ether oxygens (including phenoxy) is 1. The monoisotopic (exact) mass is 1220 g/mol. The van der Waals surface area contributed by atoms with Gasteiger partial charge in [-0.1, -0.05) is 130 Å². The lowest BCUT2D eigenvalue weighted by molar-refractivity contribution is -0.178. The number of likely N-dealkylation sites (N-methyl/N-ethyl adjacent to an activating group) is 4. The fourth-order valence-corrected chi connectivity index (χ4v) is 12.9. The summed E-state index contributed by atoms with van der Waals surface area (Å²) in [6.45, 7) is 29.0. The number of nitrogens with zero attached hydrogens (tertiary/aromatic N) is 5. The Kier molecular flexibility index (Phi) is 25.0. The summed E-state index contributed by atoms with van der Waals surface area (Å²) in [5.41, 5.74) is -1.04. The first kappa shape index (κ1) is 72.8. The van der Waals surface area contributed by atoms with Crippen molar-refractivity contribution >= 4 is 65.6 Å². The number of amides is 6. The molecule has 5 rings (SSSR count). The lowest BCUT2D eigenvalue weighted by Crippen LogP contribution is -2.61. The second kappa shape index (κ2) is 30.2. The van der Waals surface area contributed by atoms with E-state index in [-0.39, 0.29) is 56.3 Å². The maximum Gasteiger partial charge on any atom is 0.494 e. The summed E-state index contributed by atoms with van der Waals surface area (Å²) in [4.78, 5) is 143. The van der Waals surface area contributed by atoms with Gasteiger partial charge in [-0.15, -0.1) is 0 Å². The Labute approximate surface area is 525 Å². The van der Waals surface area contributed by atoms with Gasteiger partial charge in [-0.05, 0) is 107 Å². The third-order valence-electron chi connectivity index (χ3n) is 19.1. The van der Waals surface area contributed by atoms with Crippen LogP contribution in [0.2, 0.25) is 0 Å². The van der Waals surface area contributed by atoms with Gasteiger partial charge < -0.3 is 49.0 Å². The van der Waals surface area contributed by atoms with Gasteiger partial charge in [-0.25, -0.2) is 4.79 Å². The molecule has 19 nitrogen and oxygen atoms in total. The van der Waals surface area contributed by atoms with E-state index in [2.05, 4.69) is 5.32 Å². The molecule has 11 atom stereocenters. The molecule has 6 amide bonds. The van der Waals surface area contributed by atoms with Crippen LogP contribution >= 0.6 is 0 Å². The number of esters is 1. The summed E-state index contributed by atoms with van der Waals surface area (Å²) < 4.78 is 18.9. The number of benzene rings is 2. The summed E-state index contributed by atoms with van der Waals surface area (Å²) in [5.74, 6) is -9.56. The van der Waals surface area contributed by atoms with Crippen molar-refractivity contribution in [2.75, 3.05) is 34.7 Å². The van der Waals surface area contributed by atoms with Crippen molar-refractivity contribution in [2.45, 2.75) is 228 Å². The number of cyclic esters (lactones) is 1. The zero-order valence-corrected chi connectivity index (χ0v) is 56.5. The molecule has 0 spiro atoms. The molecular weight excluding hydrogens is 1120 g/mol. The van der Waals surface area contributed by atoms with Gasteiger partial charge in [0.1, 0.15) is 18.1 Å². The highest BCUT2D eigenvalue weighted by molar-refractivity contribution is 6.62. The number of carbonyl (C=O) groups is 9. The standard InChI is InChI=1S/C68H105BN6O13/c1-21-43(9)49-39-53(76)51-29-26-34-75(51)63(82)52(37-46-30-32-48(33-31-46)69-87-67(13,14)68(15,16)88-69)71(17)62(81)50(36-45-27-24-23-25-28-45)70-59(78)56(42(7)8)73(19)64(83)57(44(10)22-2)86-65(84)58(66(11,12)85)74(20)60(79)47(35-40(3)4)38-54(77)55(41(5)6)72(18)61(49)80/h23-25,27-28,30-33,40-44,47,49-52,55-58,85H,21-22,26,29,34-39H2,1-20H3,(H,70,78)/t43?,44?,47-,49+,50+,51+,52+,55+,56+,57-,58-/m1/s1. The van der Waals surface area contributed by atoms with E-state index in [1.54, 1.807) is 46.9 Å². The molecular formula is C68H105BN6O13. The predicted octanol–water partition coefficient (Wildman–Crippen LogP) is 6.85. The smallest absolute Gasteiger partial charge is 0.450 e. The predicted molar refractivity (Wildman–Crippen MR) is 339 cm³/mol. The normalized spacial score (nSPS) is 27.4. The summed E-state index contributed by atoms with van der Waals surface area (Å²) >= 11 is 0. The molecule has 2 aromatic rings. The zero-order chi connectivity index (χ0) is 66.2. The van der Waals surface area contributed by atoms with Gasteiger partial charge in [0.15, 0.2) is 23.7 Å². The number of ketones is 2. The Morgan fingerprint density at radius 1 is 0.636 bits per heavy atom. The van der Waals surface area contributed by atoms with E-state index in [1.807, 2.05) is 112 Å². The first-order valence-electron chi connectivity index (χ1n) is 32.0. The fraction of sp³-hybridized carbons (Fsp3) is 0.691. The van der Waals surface area contributed by atoms with E-state index in [4.69, 9.17) is 14.0 Å². The van der Waals surface area contributed by atoms with E-state index in [0.717, 1.165) is 10.4 Å². The molecule has 3 fully saturated rings. The van der Waals surface area contributed by atoms with Crippen LogP contribution in [0.3, 0.4) is 0 Å². The summed E-state index contributed by atoms with van der Waals surface area (Å²) in [5, 5.41) is 14.8. The Morgan fingerprint density at radius 2 is 1.18 bits per heavy atom. The number of aliphatic hydroxyl groups is 1. The van der Waals surface area contributed by atoms with Gasteiger partial charge >= 0.3 is 13.1 Å². The SMILES string of the molecule is CCC(C)[C@@H]1CC(=O)[C@@H]2CCCN2C(=O)[C@H](Cc2ccc(B3OC(C)(C)C(C)(C)O3)cc2)N(C)C(=O)[C@H](Cc2ccccc2)NC(=O)[C@H](C(C)C)N(C)C(=O)[C@@H](C(C)CC)OC(=O)[C@H](C(C)(C)O)N(C)C(=O)[C@H](CC(C)C)CC(=O)[C@H](C(C)C)N(C)C1=O. The molecule has 3 heterocycles. The molecule has 2 unspecified atom stereocenters. The average Bonchev–Trinajstić information content (AvgIpc) is 2.50. The maximum absolute atomic E-state index is 15.7. The molecule has 0 bridgehead atoms. The lowest BCUT2D eigenvalue weighted by Gasteiger charge is -2.39. The third kappa shape index (κ3) is 17.1. The van der Waals surface area contributed by atoms with Crippen molar-refractivity contribution in [1.82, 2.24) is 29.8 Å². The minimum Gasteiger partial charge on any atom is -0.450 e. The Balaban J connectivity index is 1.71. The van der Waals surface area contributed by atoms with Crippen LogP contribution in [0.5, 0.6) is 0 Å². The van der Waals surface area contributed by atoms with E-state index >= 15 is 28.8 Å². The summed E-state index contributed by atoms with van der Waals surface area (Å²) in [7, 11) is 5.15. The fourth-order valence-electron chi connectivity index (χ4n) is 12.9. The highest BCUT2D eigenvalue weighted by atomic mass is 16.7. The van der Waals surface area contributed by atoms with Crippen molar-refractivity contribution in [2.24, 2.45) is 41.4 Å². The molecule has 0 aliphatic carbocycles. The number of rotatable bonds is 14. The van der Waals surface area contributed by atoms with Gasteiger partial charge in [0.05, 0.1) is 28.9 Å². The first-order chi connectivity index (χ1) is 40.9. The Hall–Kier alpha value is -5.99. The van der Waals surface area contributed by atoms with Crippen molar-refractivity contribution in [1.29, 1.82) is 0 Å². The number of fused-ring (bicyclic) bond motifs is 1. The second-order valence-corrected chi connectivity index (χ2v) is 28.1. The van der Waals surface area contributed by atoms with Gasteiger partial charge in [-0.2, -0.15) is 0 Å². The highest BCUT2D eigenvalue weighted by Crippen LogP contribution is 2.37. The first-order valence-corrected chi connectivity index (χ1v) is 32.0.